The summed E-state index contributed by atoms with van der Waals surface area (Å²) in [6.45, 7) is 0. The molecule has 0 aliphatic heterocycles. The molecular weight excluding hydrogens is 416 g/mol. The van der Waals surface area contributed by atoms with Crippen molar-refractivity contribution in [2.75, 3.05) is 5.32 Å². The number of nitrogens with zero attached hydrogens (tertiary/aromatic N) is 1. The predicted octanol–water partition coefficient (Wildman–Crippen LogP) is 4.56. The Morgan fingerprint density at radius 2 is 1.76 bits per heavy atom. The minimum Gasteiger partial charge on any atom is -0.393 e. The van der Waals surface area contributed by atoms with Crippen LogP contribution in [0.5, 0.6) is 0 Å². The lowest BCUT2D eigenvalue weighted by Crippen LogP contribution is -2.38. The predicted molar refractivity (Wildman–Crippen MR) is 114 cm³/mol. The number of hydrogen-bond acceptors (Lipinski definition) is 3. The van der Waals surface area contributed by atoms with Gasteiger partial charge in [-0.25, -0.2) is 9.38 Å². The maximum atomic E-state index is 13.7. The van der Waals surface area contributed by atoms with Gasteiger partial charge in [0, 0.05) is 15.7 Å². The second kappa shape index (κ2) is 10.1. The Bertz CT molecular complexity index is 862. The van der Waals surface area contributed by atoms with Crippen LogP contribution in [0, 0.1) is 5.82 Å². The third kappa shape index (κ3) is 6.99. The first-order valence-corrected chi connectivity index (χ1v) is 10.2. The van der Waals surface area contributed by atoms with E-state index < -0.39 is 5.82 Å². The lowest BCUT2D eigenvalue weighted by Gasteiger charge is -2.23. The highest BCUT2D eigenvalue weighted by Crippen LogP contribution is 2.22. The number of aliphatic hydroxyl groups excluding tert-OH is 1. The van der Waals surface area contributed by atoms with E-state index in [1.54, 1.807) is 30.3 Å². The van der Waals surface area contributed by atoms with Gasteiger partial charge in [0.15, 0.2) is 0 Å². The number of anilines is 1. The zero-order valence-corrected chi connectivity index (χ0v) is 17.2. The van der Waals surface area contributed by atoms with Crippen LogP contribution in [0.2, 0.25) is 10.0 Å². The van der Waals surface area contributed by atoms with Crippen molar-refractivity contribution in [1.82, 2.24) is 5.32 Å². The van der Waals surface area contributed by atoms with E-state index in [0.717, 1.165) is 5.56 Å². The summed E-state index contributed by atoms with van der Waals surface area (Å²) >= 11 is 11.8. The van der Waals surface area contributed by atoms with Crippen molar-refractivity contribution in [3.05, 3.63) is 63.9 Å². The Kier molecular flexibility index (Phi) is 7.47. The van der Waals surface area contributed by atoms with Crippen molar-refractivity contribution in [2.24, 2.45) is 4.99 Å². The van der Waals surface area contributed by atoms with Crippen molar-refractivity contribution >= 4 is 40.8 Å². The molecule has 1 aliphatic carbocycles. The van der Waals surface area contributed by atoms with Gasteiger partial charge in [-0.05, 0) is 61.6 Å². The van der Waals surface area contributed by atoms with Crippen molar-refractivity contribution < 1.29 is 14.3 Å². The molecular formula is C21H22Cl2FN3O2. The number of nitrogens with one attached hydrogen (secondary N) is 2. The van der Waals surface area contributed by atoms with E-state index in [-0.39, 0.29) is 35.5 Å². The summed E-state index contributed by atoms with van der Waals surface area (Å²) < 4.78 is 13.7. The maximum Gasteiger partial charge on any atom is 0.231 e. The first-order chi connectivity index (χ1) is 13.9. The van der Waals surface area contributed by atoms with Crippen LogP contribution in [-0.4, -0.2) is 29.1 Å². The Labute approximate surface area is 178 Å². The summed E-state index contributed by atoms with van der Waals surface area (Å²) in [5.41, 5.74) is 1.19. The first kappa shape index (κ1) is 21.6. The molecule has 3 N–H and O–H groups in total. The fraction of sp³-hybridized carbons (Fsp3) is 0.333. The summed E-state index contributed by atoms with van der Waals surface area (Å²) in [6, 6.07) is 11.0. The summed E-state index contributed by atoms with van der Waals surface area (Å²) in [6.07, 6.45) is 2.58. The number of halogens is 3. The second-order valence-corrected chi connectivity index (χ2v) is 7.95. The largest absolute Gasteiger partial charge is 0.393 e. The molecule has 0 spiro atoms. The average molecular weight is 438 g/mol. The molecule has 0 bridgehead atoms. The van der Waals surface area contributed by atoms with Gasteiger partial charge in [-0.1, -0.05) is 35.3 Å². The SMILES string of the molecule is O=C(Cc1ccc(Cl)cc1)NC(=NC1CCC(O)CC1)Nc1cc(F)cc(Cl)c1. The molecule has 0 heterocycles. The van der Waals surface area contributed by atoms with Crippen LogP contribution in [0.4, 0.5) is 10.1 Å². The van der Waals surface area contributed by atoms with Crippen LogP contribution in [0.1, 0.15) is 31.2 Å². The lowest BCUT2D eigenvalue weighted by atomic mass is 9.94. The van der Waals surface area contributed by atoms with E-state index in [2.05, 4.69) is 15.6 Å². The Morgan fingerprint density at radius 1 is 1.07 bits per heavy atom. The Balaban J connectivity index is 1.74. The average Bonchev–Trinajstić information content (AvgIpc) is 2.64. The number of carbonyl (C=O) groups is 1. The van der Waals surface area contributed by atoms with Gasteiger partial charge < -0.3 is 10.4 Å². The van der Waals surface area contributed by atoms with E-state index >= 15 is 0 Å². The summed E-state index contributed by atoms with van der Waals surface area (Å²) in [5.74, 6) is -0.531. The summed E-state index contributed by atoms with van der Waals surface area (Å²) in [4.78, 5) is 17.1. The second-order valence-electron chi connectivity index (χ2n) is 7.07. The van der Waals surface area contributed by atoms with Crippen LogP contribution >= 0.6 is 23.2 Å². The van der Waals surface area contributed by atoms with Crippen LogP contribution in [0.25, 0.3) is 0 Å². The van der Waals surface area contributed by atoms with Crippen molar-refractivity contribution in [1.29, 1.82) is 0 Å². The number of amides is 1. The van der Waals surface area contributed by atoms with E-state index in [4.69, 9.17) is 23.2 Å². The first-order valence-electron chi connectivity index (χ1n) is 9.40. The fourth-order valence-corrected chi connectivity index (χ4v) is 3.54. The van der Waals surface area contributed by atoms with Crippen LogP contribution < -0.4 is 10.6 Å². The number of guanidine groups is 1. The highest BCUT2D eigenvalue weighted by Gasteiger charge is 2.20. The minimum absolute atomic E-state index is 0.0410. The normalized spacial score (nSPS) is 19.7. The van der Waals surface area contributed by atoms with Crippen LogP contribution in [-0.2, 0) is 11.2 Å². The molecule has 0 radical (unpaired) electrons. The monoisotopic (exact) mass is 437 g/mol. The molecule has 0 atom stereocenters. The molecule has 5 nitrogen and oxygen atoms in total. The zero-order chi connectivity index (χ0) is 20.8. The van der Waals surface area contributed by atoms with E-state index in [0.29, 0.717) is 36.4 Å². The molecule has 2 aromatic rings. The van der Waals surface area contributed by atoms with E-state index in [1.807, 2.05) is 0 Å². The molecule has 1 saturated carbocycles. The number of rotatable bonds is 4. The van der Waals surface area contributed by atoms with Crippen LogP contribution in [0.15, 0.2) is 47.5 Å². The molecule has 3 rings (SSSR count). The molecule has 1 fully saturated rings. The molecule has 0 saturated heterocycles. The van der Waals surface area contributed by atoms with Crippen molar-refractivity contribution in [3.63, 3.8) is 0 Å². The Morgan fingerprint density at radius 3 is 2.41 bits per heavy atom. The van der Waals surface area contributed by atoms with Gasteiger partial charge in [0.25, 0.3) is 0 Å². The highest BCUT2D eigenvalue weighted by molar-refractivity contribution is 6.31. The van der Waals surface area contributed by atoms with Gasteiger partial charge in [0.1, 0.15) is 5.82 Å². The number of aliphatic imine (C=N–C) groups is 1. The molecule has 8 heteroatoms. The van der Waals surface area contributed by atoms with E-state index in [9.17, 15) is 14.3 Å². The highest BCUT2D eigenvalue weighted by atomic mass is 35.5. The van der Waals surface area contributed by atoms with Crippen molar-refractivity contribution in [2.45, 2.75) is 44.2 Å². The maximum absolute atomic E-state index is 13.7. The lowest BCUT2D eigenvalue weighted by molar-refractivity contribution is -0.119. The molecule has 0 aromatic heterocycles. The Hall–Kier alpha value is -2.15. The molecule has 1 aliphatic rings. The van der Waals surface area contributed by atoms with Gasteiger partial charge in [-0.15, -0.1) is 0 Å². The molecule has 2 aromatic carbocycles. The third-order valence-electron chi connectivity index (χ3n) is 4.64. The minimum atomic E-state index is -0.493. The third-order valence-corrected chi connectivity index (χ3v) is 5.11. The van der Waals surface area contributed by atoms with Gasteiger partial charge in [-0.2, -0.15) is 0 Å². The summed E-state index contributed by atoms with van der Waals surface area (Å²) in [5, 5.41) is 16.2. The smallest absolute Gasteiger partial charge is 0.231 e. The topological polar surface area (TPSA) is 73.7 Å². The molecule has 1 amide bonds. The number of hydrogen-bond donors (Lipinski definition) is 3. The number of benzene rings is 2. The van der Waals surface area contributed by atoms with E-state index in [1.165, 1.54) is 12.1 Å². The molecule has 0 unspecified atom stereocenters. The number of aliphatic hydroxyl groups is 1. The number of carbonyl (C=O) groups excluding carboxylic acids is 1. The summed E-state index contributed by atoms with van der Waals surface area (Å²) in [7, 11) is 0. The quantitative estimate of drug-likeness (QED) is 0.484. The van der Waals surface area contributed by atoms with Gasteiger partial charge in [-0.3, -0.25) is 10.1 Å². The van der Waals surface area contributed by atoms with Crippen molar-refractivity contribution in [3.8, 4) is 0 Å². The van der Waals surface area contributed by atoms with Gasteiger partial charge >= 0.3 is 0 Å². The van der Waals surface area contributed by atoms with Gasteiger partial charge in [0.05, 0.1) is 18.6 Å². The van der Waals surface area contributed by atoms with Crippen LogP contribution in [0.3, 0.4) is 0 Å². The fourth-order valence-electron chi connectivity index (χ4n) is 3.19. The molecule has 154 valence electrons. The van der Waals surface area contributed by atoms with Gasteiger partial charge in [0.2, 0.25) is 11.9 Å². The zero-order valence-electron chi connectivity index (χ0n) is 15.7. The molecule has 29 heavy (non-hydrogen) atoms. The standard InChI is InChI=1S/C21H22Cl2FN3O2/c22-14-3-1-13(2-4-14)9-20(29)27-21(25-17-5-7-19(28)8-6-17)26-18-11-15(23)10-16(24)12-18/h1-4,10-12,17,19,28H,5-9H2,(H2,25,26,27,29).